The quantitative estimate of drug-likeness (QED) is 0.523. The third-order valence-corrected chi connectivity index (χ3v) is 4.37. The van der Waals surface area contributed by atoms with E-state index in [2.05, 4.69) is 18.3 Å². The third-order valence-electron chi connectivity index (χ3n) is 4.01. The van der Waals surface area contributed by atoms with Crippen molar-refractivity contribution < 1.29 is 4.39 Å². The zero-order valence-corrected chi connectivity index (χ0v) is 18.0. The molecule has 0 amide bonds. The molecule has 0 heterocycles. The summed E-state index contributed by atoms with van der Waals surface area (Å²) in [5.41, 5.74) is 4.86. The van der Waals surface area contributed by atoms with Crippen LogP contribution in [0.5, 0.6) is 0 Å². The van der Waals surface area contributed by atoms with Gasteiger partial charge in [-0.25, -0.2) is 4.39 Å². The van der Waals surface area contributed by atoms with E-state index in [0.717, 1.165) is 42.8 Å². The lowest BCUT2D eigenvalue weighted by Gasteiger charge is -2.15. The maximum atomic E-state index is 13.3. The van der Waals surface area contributed by atoms with Crippen molar-refractivity contribution in [2.45, 2.75) is 60.3 Å². The van der Waals surface area contributed by atoms with Crippen molar-refractivity contribution in [1.82, 2.24) is 5.32 Å². The average molecular weight is 380 g/mol. The fraction of sp³-hybridized carbons (Fsp3) is 0.478. The molecule has 3 heteroatoms. The Balaban J connectivity index is 0.00000146. The predicted molar refractivity (Wildman–Crippen MR) is 115 cm³/mol. The second-order valence-electron chi connectivity index (χ2n) is 5.66. The van der Waals surface area contributed by atoms with E-state index in [9.17, 15) is 4.39 Å². The predicted octanol–water partition coefficient (Wildman–Crippen LogP) is 6.78. The molecule has 0 saturated heterocycles. The highest BCUT2D eigenvalue weighted by Gasteiger charge is 2.10. The van der Waals surface area contributed by atoms with Crippen molar-refractivity contribution in [2.24, 2.45) is 0 Å². The monoisotopic (exact) mass is 379 g/mol. The van der Waals surface area contributed by atoms with Crippen LogP contribution in [0.2, 0.25) is 5.02 Å². The topological polar surface area (TPSA) is 12.0 Å². The highest BCUT2D eigenvalue weighted by molar-refractivity contribution is 6.31. The Morgan fingerprint density at radius 1 is 0.923 bits per heavy atom. The van der Waals surface area contributed by atoms with Crippen LogP contribution in [0.1, 0.15) is 56.4 Å². The molecule has 1 nitrogen and oxygen atoms in total. The van der Waals surface area contributed by atoms with Crippen molar-refractivity contribution in [3.05, 3.63) is 69.5 Å². The normalized spacial score (nSPS) is 9.69. The van der Waals surface area contributed by atoms with Gasteiger partial charge in [-0.2, -0.15) is 0 Å². The Morgan fingerprint density at radius 2 is 1.62 bits per heavy atom. The van der Waals surface area contributed by atoms with E-state index >= 15 is 0 Å². The maximum absolute atomic E-state index is 13.3. The van der Waals surface area contributed by atoms with Gasteiger partial charge in [-0.15, -0.1) is 0 Å². The number of hydrogen-bond acceptors (Lipinski definition) is 1. The zero-order valence-electron chi connectivity index (χ0n) is 17.3. The van der Waals surface area contributed by atoms with Crippen LogP contribution in [0.25, 0.3) is 0 Å². The van der Waals surface area contributed by atoms with Gasteiger partial charge in [0.2, 0.25) is 0 Å². The summed E-state index contributed by atoms with van der Waals surface area (Å²) in [6, 6.07) is 10.9. The Bertz CT molecular complexity index is 626. The van der Waals surface area contributed by atoms with Gasteiger partial charge in [0.05, 0.1) is 0 Å². The Labute approximate surface area is 165 Å². The molecule has 1 N–H and O–H groups in total. The standard InChI is InChI=1S/C19H23ClFN.2C2H6/c1-14-8-11-19(20)18(17(14)7-4-12-22-2)10-9-15-5-3-6-16(21)13-15;2*1-2/h3,5-6,8,11,13,22H,4,7,9-10,12H2,1-2H3;2*1-2H3. The number of halogens is 2. The molecule has 0 saturated carbocycles. The van der Waals surface area contributed by atoms with Crippen LogP contribution in [0, 0.1) is 12.7 Å². The molecule has 0 aliphatic carbocycles. The molecule has 0 aliphatic rings. The van der Waals surface area contributed by atoms with Gasteiger partial charge in [0.1, 0.15) is 5.82 Å². The first-order valence-corrected chi connectivity index (χ1v) is 10.2. The van der Waals surface area contributed by atoms with E-state index < -0.39 is 0 Å². The van der Waals surface area contributed by atoms with E-state index in [4.69, 9.17) is 11.6 Å². The molecule has 0 bridgehead atoms. The fourth-order valence-corrected chi connectivity index (χ4v) is 3.08. The smallest absolute Gasteiger partial charge is 0.123 e. The minimum Gasteiger partial charge on any atom is -0.320 e. The molecule has 0 radical (unpaired) electrons. The number of benzene rings is 2. The largest absolute Gasteiger partial charge is 0.320 e. The van der Waals surface area contributed by atoms with E-state index in [-0.39, 0.29) is 5.82 Å². The van der Waals surface area contributed by atoms with Gasteiger partial charge in [0.15, 0.2) is 0 Å². The number of aryl methyl sites for hydroxylation is 2. The molecule has 2 aromatic carbocycles. The molecule has 146 valence electrons. The maximum Gasteiger partial charge on any atom is 0.123 e. The van der Waals surface area contributed by atoms with Crippen LogP contribution < -0.4 is 5.32 Å². The fourth-order valence-electron chi connectivity index (χ4n) is 2.80. The van der Waals surface area contributed by atoms with Crippen LogP contribution in [0.4, 0.5) is 4.39 Å². The number of rotatable bonds is 7. The summed E-state index contributed by atoms with van der Waals surface area (Å²) in [6.07, 6.45) is 3.76. The number of hydrogen-bond donors (Lipinski definition) is 1. The first kappa shape index (κ1) is 24.6. The van der Waals surface area contributed by atoms with Crippen LogP contribution >= 0.6 is 11.6 Å². The van der Waals surface area contributed by atoms with Gasteiger partial charge < -0.3 is 5.32 Å². The lowest BCUT2D eigenvalue weighted by molar-refractivity contribution is 0.625. The molecular weight excluding hydrogens is 345 g/mol. The molecule has 0 unspecified atom stereocenters. The average Bonchev–Trinajstić information content (AvgIpc) is 2.67. The van der Waals surface area contributed by atoms with Crippen LogP contribution in [0.3, 0.4) is 0 Å². The Kier molecular flexibility index (Phi) is 14.0. The van der Waals surface area contributed by atoms with E-state index in [0.29, 0.717) is 0 Å². The van der Waals surface area contributed by atoms with Gasteiger partial charge in [-0.05, 0) is 86.7 Å². The van der Waals surface area contributed by atoms with Gasteiger partial charge in [0, 0.05) is 5.02 Å². The van der Waals surface area contributed by atoms with E-state index in [1.165, 1.54) is 22.8 Å². The van der Waals surface area contributed by atoms with Gasteiger partial charge in [-0.3, -0.25) is 0 Å². The zero-order chi connectivity index (χ0) is 19.9. The Hall–Kier alpha value is -1.38. The molecule has 26 heavy (non-hydrogen) atoms. The van der Waals surface area contributed by atoms with E-state index in [1.54, 1.807) is 12.1 Å². The minimum atomic E-state index is -0.179. The molecule has 0 fully saturated rings. The van der Waals surface area contributed by atoms with Crippen molar-refractivity contribution in [3.8, 4) is 0 Å². The molecule has 2 aromatic rings. The summed E-state index contributed by atoms with van der Waals surface area (Å²) in [7, 11) is 1.97. The second kappa shape index (κ2) is 14.8. The van der Waals surface area contributed by atoms with Gasteiger partial charge in [-0.1, -0.05) is 57.5 Å². The lowest BCUT2D eigenvalue weighted by Crippen LogP contribution is -2.10. The van der Waals surface area contributed by atoms with Crippen LogP contribution in [0.15, 0.2) is 36.4 Å². The van der Waals surface area contributed by atoms with Crippen LogP contribution in [-0.4, -0.2) is 13.6 Å². The SMILES string of the molecule is CC.CC.CNCCCc1c(C)ccc(Cl)c1CCc1cccc(F)c1. The van der Waals surface area contributed by atoms with E-state index in [1.807, 2.05) is 46.9 Å². The Morgan fingerprint density at radius 3 is 2.23 bits per heavy atom. The first-order valence-electron chi connectivity index (χ1n) is 9.77. The molecule has 0 spiro atoms. The summed E-state index contributed by atoms with van der Waals surface area (Å²) in [6.45, 7) is 11.1. The molecule has 0 aromatic heterocycles. The second-order valence-corrected chi connectivity index (χ2v) is 6.07. The molecule has 0 aliphatic heterocycles. The summed E-state index contributed by atoms with van der Waals surface area (Å²) in [5.74, 6) is -0.179. The first-order chi connectivity index (χ1) is 12.6. The number of nitrogens with one attached hydrogen (secondary N) is 1. The summed E-state index contributed by atoms with van der Waals surface area (Å²) < 4.78 is 13.3. The summed E-state index contributed by atoms with van der Waals surface area (Å²) >= 11 is 6.42. The van der Waals surface area contributed by atoms with Crippen molar-refractivity contribution in [2.75, 3.05) is 13.6 Å². The third kappa shape index (κ3) is 8.33. The van der Waals surface area contributed by atoms with Gasteiger partial charge >= 0.3 is 0 Å². The molecule has 2 rings (SSSR count). The van der Waals surface area contributed by atoms with Crippen molar-refractivity contribution in [3.63, 3.8) is 0 Å². The summed E-state index contributed by atoms with van der Waals surface area (Å²) in [5, 5.41) is 4.00. The summed E-state index contributed by atoms with van der Waals surface area (Å²) in [4.78, 5) is 0. The lowest BCUT2D eigenvalue weighted by atomic mass is 9.93. The molecular formula is C23H35ClFN. The minimum absolute atomic E-state index is 0.179. The van der Waals surface area contributed by atoms with Gasteiger partial charge in [0.25, 0.3) is 0 Å². The molecule has 0 atom stereocenters. The highest BCUT2D eigenvalue weighted by atomic mass is 35.5. The van der Waals surface area contributed by atoms with Crippen LogP contribution in [-0.2, 0) is 19.3 Å². The highest BCUT2D eigenvalue weighted by Crippen LogP contribution is 2.26. The van der Waals surface area contributed by atoms with Crippen molar-refractivity contribution >= 4 is 11.6 Å². The van der Waals surface area contributed by atoms with Crippen molar-refractivity contribution in [1.29, 1.82) is 0 Å².